The molecule has 3 rings (SSSR count). The Morgan fingerprint density at radius 3 is 2.54 bits per heavy atom. The van der Waals surface area contributed by atoms with E-state index < -0.39 is 22.2 Å². The Kier molecular flexibility index (Phi) is 3.59. The minimum Gasteiger partial charge on any atom is -0.464 e. The van der Waals surface area contributed by atoms with E-state index in [9.17, 15) is 23.3 Å². The lowest BCUT2D eigenvalue weighted by atomic mass is 9.97. The standard InChI is InChI=1S/C16H9F3N2O3/c17-16(18,19)12-5-4-11(14-13(20)6-7-24-15(12)14)9-2-1-3-10(8-9)21(22)23/h1-8,20H. The number of nitro groups is 1. The zero-order valence-electron chi connectivity index (χ0n) is 11.9. The van der Waals surface area contributed by atoms with Gasteiger partial charge in [0.25, 0.3) is 5.69 Å². The highest BCUT2D eigenvalue weighted by molar-refractivity contribution is 5.95. The molecule has 0 aliphatic heterocycles. The molecule has 1 heterocycles. The predicted octanol–water partition coefficient (Wildman–Crippen LogP) is 4.51. The van der Waals surface area contributed by atoms with Crippen LogP contribution in [0, 0.1) is 15.5 Å². The van der Waals surface area contributed by atoms with Gasteiger partial charge in [-0.25, -0.2) is 0 Å². The molecule has 122 valence electrons. The molecule has 1 N–H and O–H groups in total. The van der Waals surface area contributed by atoms with Gasteiger partial charge in [0.15, 0.2) is 0 Å². The lowest BCUT2D eigenvalue weighted by Crippen LogP contribution is -2.09. The molecule has 1 aromatic heterocycles. The van der Waals surface area contributed by atoms with Crippen LogP contribution >= 0.6 is 0 Å². The van der Waals surface area contributed by atoms with Gasteiger partial charge in [-0.05, 0) is 23.3 Å². The highest BCUT2D eigenvalue weighted by Crippen LogP contribution is 2.38. The van der Waals surface area contributed by atoms with Gasteiger partial charge in [0, 0.05) is 12.1 Å². The van der Waals surface area contributed by atoms with Crippen LogP contribution in [0.3, 0.4) is 0 Å². The molecule has 0 amide bonds. The lowest BCUT2D eigenvalue weighted by Gasteiger charge is -2.12. The second-order valence-electron chi connectivity index (χ2n) is 5.00. The van der Waals surface area contributed by atoms with Crippen LogP contribution in [0.25, 0.3) is 22.1 Å². The maximum Gasteiger partial charge on any atom is 0.420 e. The molecule has 0 saturated carbocycles. The number of non-ortho nitro benzene ring substituents is 1. The van der Waals surface area contributed by atoms with Crippen molar-refractivity contribution in [3.05, 3.63) is 69.8 Å². The van der Waals surface area contributed by atoms with E-state index in [1.54, 1.807) is 0 Å². The van der Waals surface area contributed by atoms with Crippen LogP contribution in [-0.4, -0.2) is 4.92 Å². The summed E-state index contributed by atoms with van der Waals surface area (Å²) in [5.41, 5.74) is -1.08. The number of fused-ring (bicyclic) bond motifs is 1. The molecule has 0 fully saturated rings. The van der Waals surface area contributed by atoms with Crippen LogP contribution in [0.2, 0.25) is 0 Å². The first-order valence-corrected chi connectivity index (χ1v) is 6.70. The van der Waals surface area contributed by atoms with Crippen molar-refractivity contribution < 1.29 is 22.5 Å². The molecular formula is C16H9F3N2O3. The van der Waals surface area contributed by atoms with Crippen LogP contribution in [0.5, 0.6) is 0 Å². The molecule has 0 bridgehead atoms. The summed E-state index contributed by atoms with van der Waals surface area (Å²) in [5.74, 6) is 0. The predicted molar refractivity (Wildman–Crippen MR) is 79.2 cm³/mol. The van der Waals surface area contributed by atoms with Crippen LogP contribution in [0.4, 0.5) is 18.9 Å². The van der Waals surface area contributed by atoms with E-state index in [-0.39, 0.29) is 22.0 Å². The van der Waals surface area contributed by atoms with Crippen molar-refractivity contribution in [3.63, 3.8) is 0 Å². The van der Waals surface area contributed by atoms with Gasteiger partial charge in [-0.1, -0.05) is 18.2 Å². The molecule has 3 aromatic rings. The topological polar surface area (TPSA) is 80.1 Å². The summed E-state index contributed by atoms with van der Waals surface area (Å²) in [6.07, 6.45) is -3.63. The third kappa shape index (κ3) is 2.62. The van der Waals surface area contributed by atoms with Gasteiger partial charge in [0.05, 0.1) is 27.5 Å². The number of nitrogens with one attached hydrogen (secondary N) is 1. The molecule has 0 saturated heterocycles. The maximum absolute atomic E-state index is 13.1. The Hall–Kier alpha value is -3.16. The van der Waals surface area contributed by atoms with Crippen LogP contribution in [0.15, 0.2) is 53.1 Å². The van der Waals surface area contributed by atoms with Gasteiger partial charge in [0.2, 0.25) is 0 Å². The van der Waals surface area contributed by atoms with E-state index >= 15 is 0 Å². The Balaban J connectivity index is 2.37. The minimum absolute atomic E-state index is 0.0483. The summed E-state index contributed by atoms with van der Waals surface area (Å²) >= 11 is 0. The number of nitro benzene ring substituents is 1. The second-order valence-corrected chi connectivity index (χ2v) is 5.00. The van der Waals surface area contributed by atoms with Gasteiger partial charge in [-0.3, -0.25) is 15.5 Å². The summed E-state index contributed by atoms with van der Waals surface area (Å²) in [4.78, 5) is 10.3. The number of nitrogens with zero attached hydrogens (tertiary/aromatic N) is 1. The first-order valence-electron chi connectivity index (χ1n) is 6.70. The van der Waals surface area contributed by atoms with Gasteiger partial charge in [-0.2, -0.15) is 13.2 Å². The zero-order chi connectivity index (χ0) is 17.5. The Morgan fingerprint density at radius 1 is 1.12 bits per heavy atom. The molecule has 0 spiro atoms. The molecule has 5 nitrogen and oxygen atoms in total. The number of hydrogen-bond acceptors (Lipinski definition) is 4. The SMILES string of the molecule is N=c1ccoc2c(C(F)(F)F)ccc(-c3cccc([N+](=O)[O-])c3)c12. The molecular weight excluding hydrogens is 325 g/mol. The highest BCUT2D eigenvalue weighted by Gasteiger charge is 2.34. The van der Waals surface area contributed by atoms with E-state index in [2.05, 4.69) is 0 Å². The summed E-state index contributed by atoms with van der Waals surface area (Å²) < 4.78 is 44.4. The third-order valence-corrected chi connectivity index (χ3v) is 3.52. The summed E-state index contributed by atoms with van der Waals surface area (Å²) in [6, 6.07) is 8.75. The van der Waals surface area contributed by atoms with Crippen molar-refractivity contribution in [2.45, 2.75) is 6.18 Å². The Labute approximate surface area is 132 Å². The normalized spacial score (nSPS) is 11.6. The Morgan fingerprint density at radius 2 is 1.88 bits per heavy atom. The van der Waals surface area contributed by atoms with Crippen molar-refractivity contribution in [1.29, 1.82) is 5.41 Å². The first-order chi connectivity index (χ1) is 11.3. The van der Waals surface area contributed by atoms with E-state index in [0.717, 1.165) is 12.3 Å². The number of hydrogen-bond donors (Lipinski definition) is 1. The smallest absolute Gasteiger partial charge is 0.420 e. The minimum atomic E-state index is -4.64. The van der Waals surface area contributed by atoms with Crippen molar-refractivity contribution in [3.8, 4) is 11.1 Å². The first kappa shape index (κ1) is 15.7. The van der Waals surface area contributed by atoms with E-state index in [1.165, 1.54) is 36.4 Å². The Bertz CT molecular complexity index is 1010. The third-order valence-electron chi connectivity index (χ3n) is 3.52. The van der Waals surface area contributed by atoms with E-state index in [0.29, 0.717) is 5.56 Å². The second kappa shape index (κ2) is 5.48. The molecule has 0 unspecified atom stereocenters. The molecule has 0 radical (unpaired) electrons. The zero-order valence-corrected chi connectivity index (χ0v) is 11.9. The van der Waals surface area contributed by atoms with Crippen LogP contribution in [-0.2, 0) is 6.18 Å². The molecule has 8 heteroatoms. The van der Waals surface area contributed by atoms with Crippen molar-refractivity contribution in [2.24, 2.45) is 0 Å². The highest BCUT2D eigenvalue weighted by atomic mass is 19.4. The van der Waals surface area contributed by atoms with Gasteiger partial charge in [0.1, 0.15) is 5.58 Å². The lowest BCUT2D eigenvalue weighted by molar-refractivity contribution is -0.384. The van der Waals surface area contributed by atoms with Gasteiger partial charge < -0.3 is 4.42 Å². The number of rotatable bonds is 2. The molecule has 2 aromatic carbocycles. The molecule has 0 atom stereocenters. The van der Waals surface area contributed by atoms with Crippen molar-refractivity contribution in [1.82, 2.24) is 0 Å². The van der Waals surface area contributed by atoms with Crippen LogP contribution in [0.1, 0.15) is 5.56 Å². The van der Waals surface area contributed by atoms with Gasteiger partial charge in [-0.15, -0.1) is 0 Å². The molecule has 24 heavy (non-hydrogen) atoms. The fraction of sp³-hybridized carbons (Fsp3) is 0.0625. The fourth-order valence-electron chi connectivity index (χ4n) is 2.48. The maximum atomic E-state index is 13.1. The molecule has 0 aliphatic rings. The number of alkyl halides is 3. The molecule has 0 aliphatic carbocycles. The number of halogens is 3. The fourth-order valence-corrected chi connectivity index (χ4v) is 2.48. The van der Waals surface area contributed by atoms with E-state index in [4.69, 9.17) is 9.83 Å². The summed E-state index contributed by atoms with van der Waals surface area (Å²) in [7, 11) is 0. The average Bonchev–Trinajstić information content (AvgIpc) is 2.53. The monoisotopic (exact) mass is 334 g/mol. The number of benzene rings is 2. The van der Waals surface area contributed by atoms with Crippen molar-refractivity contribution >= 4 is 16.7 Å². The van der Waals surface area contributed by atoms with E-state index in [1.807, 2.05) is 0 Å². The average molecular weight is 334 g/mol. The van der Waals surface area contributed by atoms with Crippen LogP contribution < -0.4 is 5.36 Å². The van der Waals surface area contributed by atoms with Crippen molar-refractivity contribution in [2.75, 3.05) is 0 Å². The summed E-state index contributed by atoms with van der Waals surface area (Å²) in [5, 5.41) is 18.6. The quantitative estimate of drug-likeness (QED) is 0.553. The van der Waals surface area contributed by atoms with Gasteiger partial charge >= 0.3 is 6.18 Å². The summed E-state index contributed by atoms with van der Waals surface area (Å²) in [6.45, 7) is 0. The largest absolute Gasteiger partial charge is 0.464 e.